The average molecular weight is 346 g/mol. The molecular formula is C13H15IOS. The van der Waals surface area contributed by atoms with Crippen molar-refractivity contribution in [2.24, 2.45) is 0 Å². The quantitative estimate of drug-likeness (QED) is 0.705. The van der Waals surface area contributed by atoms with Crippen molar-refractivity contribution in [3.8, 4) is 5.75 Å². The van der Waals surface area contributed by atoms with Crippen molar-refractivity contribution >= 4 is 34.4 Å². The number of fused-ring (bicyclic) bond motifs is 1. The Morgan fingerprint density at radius 3 is 2.62 bits per heavy atom. The first-order valence-corrected chi connectivity index (χ1v) is 7.79. The summed E-state index contributed by atoms with van der Waals surface area (Å²) in [4.78, 5) is 1.16. The largest absolute Gasteiger partial charge is 0.507 e. The van der Waals surface area contributed by atoms with Gasteiger partial charge in [0.1, 0.15) is 5.75 Å². The van der Waals surface area contributed by atoms with Crippen LogP contribution in [0.15, 0.2) is 17.0 Å². The van der Waals surface area contributed by atoms with Gasteiger partial charge in [-0.3, -0.25) is 0 Å². The third-order valence-corrected chi connectivity index (χ3v) is 6.42. The minimum absolute atomic E-state index is 0.416. The Kier molecular flexibility index (Phi) is 2.86. The molecule has 86 valence electrons. The monoisotopic (exact) mass is 346 g/mol. The van der Waals surface area contributed by atoms with E-state index < -0.39 is 0 Å². The van der Waals surface area contributed by atoms with E-state index in [9.17, 15) is 5.11 Å². The average Bonchev–Trinajstić information content (AvgIpc) is 2.65. The molecule has 0 amide bonds. The SMILES string of the molecule is Oc1ccc(I)c2c1SC1(CCCCC1)C2. The first-order chi connectivity index (χ1) is 7.70. The summed E-state index contributed by atoms with van der Waals surface area (Å²) in [6.07, 6.45) is 7.92. The second-order valence-electron chi connectivity index (χ2n) is 4.90. The van der Waals surface area contributed by atoms with Crippen molar-refractivity contribution in [2.45, 2.75) is 48.2 Å². The van der Waals surface area contributed by atoms with E-state index in [1.165, 1.54) is 47.7 Å². The van der Waals surface area contributed by atoms with Crippen molar-refractivity contribution in [2.75, 3.05) is 0 Å². The van der Waals surface area contributed by atoms with E-state index >= 15 is 0 Å². The lowest BCUT2D eigenvalue weighted by Crippen LogP contribution is -2.26. The van der Waals surface area contributed by atoms with Gasteiger partial charge in [0.25, 0.3) is 0 Å². The van der Waals surface area contributed by atoms with Crippen LogP contribution in [0.2, 0.25) is 0 Å². The van der Waals surface area contributed by atoms with Gasteiger partial charge in [-0.2, -0.15) is 0 Å². The fraction of sp³-hybridized carbons (Fsp3) is 0.538. The van der Waals surface area contributed by atoms with Gasteiger partial charge in [-0.05, 0) is 59.5 Å². The van der Waals surface area contributed by atoms with E-state index in [1.807, 2.05) is 23.9 Å². The van der Waals surface area contributed by atoms with E-state index in [4.69, 9.17) is 0 Å². The number of halogens is 1. The number of aromatic hydroxyl groups is 1. The summed E-state index contributed by atoms with van der Waals surface area (Å²) in [6, 6.07) is 3.88. The summed E-state index contributed by atoms with van der Waals surface area (Å²) in [5, 5.41) is 9.95. The van der Waals surface area contributed by atoms with Crippen molar-refractivity contribution in [3.63, 3.8) is 0 Å². The fourth-order valence-corrected chi connectivity index (χ4v) is 5.36. The first kappa shape index (κ1) is 11.2. The van der Waals surface area contributed by atoms with Gasteiger partial charge >= 0.3 is 0 Å². The minimum Gasteiger partial charge on any atom is -0.507 e. The molecule has 0 unspecified atom stereocenters. The van der Waals surface area contributed by atoms with Crippen LogP contribution in [0.1, 0.15) is 37.7 Å². The zero-order valence-electron chi connectivity index (χ0n) is 9.13. The Labute approximate surface area is 114 Å². The van der Waals surface area contributed by atoms with Gasteiger partial charge in [-0.1, -0.05) is 19.3 Å². The molecule has 1 fully saturated rings. The smallest absolute Gasteiger partial charge is 0.129 e. The first-order valence-electron chi connectivity index (χ1n) is 5.90. The van der Waals surface area contributed by atoms with Crippen molar-refractivity contribution < 1.29 is 5.11 Å². The van der Waals surface area contributed by atoms with Crippen molar-refractivity contribution in [1.29, 1.82) is 0 Å². The number of hydrogen-bond donors (Lipinski definition) is 1. The fourth-order valence-electron chi connectivity index (χ4n) is 2.92. The van der Waals surface area contributed by atoms with E-state index in [2.05, 4.69) is 22.6 Å². The molecule has 2 aliphatic rings. The lowest BCUT2D eigenvalue weighted by Gasteiger charge is -2.32. The summed E-state index contributed by atoms with van der Waals surface area (Å²) < 4.78 is 1.74. The molecule has 1 N–H and O–H groups in total. The maximum Gasteiger partial charge on any atom is 0.129 e. The van der Waals surface area contributed by atoms with Crippen molar-refractivity contribution in [1.82, 2.24) is 0 Å². The predicted octanol–water partition coefficient (Wildman–Crippen LogP) is 4.35. The van der Waals surface area contributed by atoms with Crippen LogP contribution in [0, 0.1) is 3.57 Å². The topological polar surface area (TPSA) is 20.2 Å². The number of phenols is 1. The summed E-state index contributed by atoms with van der Waals surface area (Å²) in [5.74, 6) is 0.489. The molecule has 1 saturated carbocycles. The molecule has 3 rings (SSSR count). The van der Waals surface area contributed by atoms with Crippen LogP contribution in [-0.2, 0) is 6.42 Å². The summed E-state index contributed by atoms with van der Waals surface area (Å²) in [5.41, 5.74) is 1.40. The number of rotatable bonds is 0. The van der Waals surface area contributed by atoms with Crippen molar-refractivity contribution in [3.05, 3.63) is 21.3 Å². The van der Waals surface area contributed by atoms with Crippen LogP contribution in [0.25, 0.3) is 0 Å². The second-order valence-corrected chi connectivity index (χ2v) is 7.54. The molecule has 1 nitrogen and oxygen atoms in total. The summed E-state index contributed by atoms with van der Waals surface area (Å²) in [6.45, 7) is 0. The number of phenolic OH excluding ortho intramolecular Hbond substituents is 1. The lowest BCUT2D eigenvalue weighted by atomic mass is 9.84. The van der Waals surface area contributed by atoms with Crippen LogP contribution in [0.3, 0.4) is 0 Å². The Morgan fingerprint density at radius 1 is 1.19 bits per heavy atom. The molecule has 1 spiro atoms. The molecule has 0 atom stereocenters. The number of benzene rings is 1. The van der Waals surface area contributed by atoms with Gasteiger partial charge in [0.05, 0.1) is 4.90 Å². The van der Waals surface area contributed by atoms with E-state index in [-0.39, 0.29) is 0 Å². The third-order valence-electron chi connectivity index (χ3n) is 3.76. The molecular weight excluding hydrogens is 331 g/mol. The highest BCUT2D eigenvalue weighted by atomic mass is 127. The van der Waals surface area contributed by atoms with Crippen LogP contribution in [0.5, 0.6) is 5.75 Å². The molecule has 1 aliphatic heterocycles. The summed E-state index contributed by atoms with van der Waals surface area (Å²) in [7, 11) is 0. The second kappa shape index (κ2) is 4.09. The Hall–Kier alpha value is 0.1000. The standard InChI is InChI=1S/C13H15IOS/c14-10-4-5-11(15)12-9(10)8-13(16-12)6-2-1-3-7-13/h4-5,15H,1-3,6-8H2. The Balaban J connectivity index is 1.99. The number of hydrogen-bond acceptors (Lipinski definition) is 2. The maximum absolute atomic E-state index is 9.95. The van der Waals surface area contributed by atoms with E-state index in [1.54, 1.807) is 0 Å². The number of thioether (sulfide) groups is 1. The minimum atomic E-state index is 0.416. The van der Waals surface area contributed by atoms with Gasteiger partial charge in [0, 0.05) is 8.32 Å². The highest BCUT2D eigenvalue weighted by Gasteiger charge is 2.41. The van der Waals surface area contributed by atoms with Crippen LogP contribution in [-0.4, -0.2) is 9.85 Å². The van der Waals surface area contributed by atoms with Crippen LogP contribution >= 0.6 is 34.4 Å². The zero-order chi connectivity index (χ0) is 11.2. The van der Waals surface area contributed by atoms with Gasteiger partial charge in [-0.15, -0.1) is 11.8 Å². The molecule has 0 radical (unpaired) electrons. The van der Waals surface area contributed by atoms with Gasteiger partial charge in [-0.25, -0.2) is 0 Å². The van der Waals surface area contributed by atoms with E-state index in [0.717, 1.165) is 4.90 Å². The zero-order valence-corrected chi connectivity index (χ0v) is 12.1. The predicted molar refractivity (Wildman–Crippen MR) is 76.2 cm³/mol. The molecule has 16 heavy (non-hydrogen) atoms. The van der Waals surface area contributed by atoms with Gasteiger partial charge < -0.3 is 5.11 Å². The summed E-state index contributed by atoms with van der Waals surface area (Å²) >= 11 is 4.34. The molecule has 1 aliphatic carbocycles. The molecule has 0 bridgehead atoms. The van der Waals surface area contributed by atoms with Gasteiger partial charge in [0.2, 0.25) is 0 Å². The normalized spacial score (nSPS) is 22.3. The molecule has 3 heteroatoms. The molecule has 1 aromatic carbocycles. The maximum atomic E-state index is 9.95. The molecule has 1 heterocycles. The van der Waals surface area contributed by atoms with E-state index in [0.29, 0.717) is 10.5 Å². The Morgan fingerprint density at radius 2 is 1.94 bits per heavy atom. The van der Waals surface area contributed by atoms with Gasteiger partial charge in [0.15, 0.2) is 0 Å². The highest BCUT2D eigenvalue weighted by Crippen LogP contribution is 2.55. The Bertz CT molecular complexity index is 391. The lowest BCUT2D eigenvalue weighted by molar-refractivity contribution is 0.400. The van der Waals surface area contributed by atoms with Crippen LogP contribution in [0.4, 0.5) is 0 Å². The van der Waals surface area contributed by atoms with Crippen LogP contribution < -0.4 is 0 Å². The molecule has 1 aromatic rings. The third kappa shape index (κ3) is 1.76. The molecule has 0 saturated heterocycles. The molecule has 0 aromatic heterocycles. The highest BCUT2D eigenvalue weighted by molar-refractivity contribution is 14.1.